The summed E-state index contributed by atoms with van der Waals surface area (Å²) in [5.74, 6) is 2.15. The van der Waals surface area contributed by atoms with Crippen molar-refractivity contribution in [1.29, 1.82) is 0 Å². The Kier molecular flexibility index (Phi) is 4.37. The summed E-state index contributed by atoms with van der Waals surface area (Å²) in [5, 5.41) is 3.18. The summed E-state index contributed by atoms with van der Waals surface area (Å²) >= 11 is 3.47. The van der Waals surface area contributed by atoms with Gasteiger partial charge in [-0.3, -0.25) is 0 Å². The van der Waals surface area contributed by atoms with Crippen LogP contribution in [0.25, 0.3) is 0 Å². The first-order chi connectivity index (χ1) is 9.11. The standard InChI is InChI=1S/C14H16BrN3O/c1-4-16-13-10(3)14(18-8-17-13)19-11-5-6-12(15)9(2)7-11/h5-8H,4H2,1-3H3,(H,16,17,18). The van der Waals surface area contributed by atoms with Gasteiger partial charge in [-0.1, -0.05) is 15.9 Å². The van der Waals surface area contributed by atoms with E-state index in [4.69, 9.17) is 4.74 Å². The minimum absolute atomic E-state index is 0.577. The highest BCUT2D eigenvalue weighted by molar-refractivity contribution is 9.10. The maximum absolute atomic E-state index is 5.82. The first kappa shape index (κ1) is 13.8. The normalized spacial score (nSPS) is 10.3. The van der Waals surface area contributed by atoms with Gasteiger partial charge in [0.1, 0.15) is 17.9 Å². The largest absolute Gasteiger partial charge is 0.439 e. The van der Waals surface area contributed by atoms with Crippen molar-refractivity contribution in [2.45, 2.75) is 20.8 Å². The lowest BCUT2D eigenvalue weighted by Crippen LogP contribution is -2.03. The van der Waals surface area contributed by atoms with E-state index >= 15 is 0 Å². The van der Waals surface area contributed by atoms with Gasteiger partial charge < -0.3 is 10.1 Å². The predicted octanol–water partition coefficient (Wildman–Crippen LogP) is 4.08. The number of aromatic nitrogens is 2. The molecule has 0 bridgehead atoms. The summed E-state index contributed by atoms with van der Waals surface area (Å²) in [6.45, 7) is 6.81. The van der Waals surface area contributed by atoms with Crippen LogP contribution in [0.15, 0.2) is 29.0 Å². The molecule has 0 saturated carbocycles. The smallest absolute Gasteiger partial charge is 0.227 e. The fourth-order valence-corrected chi connectivity index (χ4v) is 1.92. The van der Waals surface area contributed by atoms with Gasteiger partial charge in [-0.2, -0.15) is 0 Å². The third-order valence-electron chi connectivity index (χ3n) is 2.73. The van der Waals surface area contributed by atoms with Crippen LogP contribution >= 0.6 is 15.9 Å². The summed E-state index contributed by atoms with van der Waals surface area (Å²) in [4.78, 5) is 8.38. The first-order valence-electron chi connectivity index (χ1n) is 6.11. The summed E-state index contributed by atoms with van der Waals surface area (Å²) < 4.78 is 6.88. The van der Waals surface area contributed by atoms with E-state index in [1.807, 2.05) is 39.0 Å². The Labute approximate surface area is 121 Å². The number of hydrogen-bond donors (Lipinski definition) is 1. The van der Waals surface area contributed by atoms with Gasteiger partial charge in [-0.25, -0.2) is 9.97 Å². The topological polar surface area (TPSA) is 47.0 Å². The van der Waals surface area contributed by atoms with Crippen molar-refractivity contribution in [1.82, 2.24) is 9.97 Å². The predicted molar refractivity (Wildman–Crippen MR) is 79.9 cm³/mol. The molecule has 100 valence electrons. The molecular weight excluding hydrogens is 306 g/mol. The summed E-state index contributed by atoms with van der Waals surface area (Å²) in [5.41, 5.74) is 2.03. The lowest BCUT2D eigenvalue weighted by Gasteiger charge is -2.11. The van der Waals surface area contributed by atoms with Gasteiger partial charge in [-0.05, 0) is 44.5 Å². The van der Waals surface area contributed by atoms with Crippen molar-refractivity contribution in [3.05, 3.63) is 40.1 Å². The molecule has 1 aromatic carbocycles. The molecule has 1 N–H and O–H groups in total. The van der Waals surface area contributed by atoms with Crippen LogP contribution in [0.1, 0.15) is 18.1 Å². The maximum Gasteiger partial charge on any atom is 0.227 e. The zero-order chi connectivity index (χ0) is 13.8. The molecule has 2 rings (SSSR count). The third-order valence-corrected chi connectivity index (χ3v) is 3.62. The molecule has 0 unspecified atom stereocenters. The summed E-state index contributed by atoms with van der Waals surface area (Å²) in [6, 6.07) is 5.84. The quantitative estimate of drug-likeness (QED) is 0.921. The lowest BCUT2D eigenvalue weighted by molar-refractivity contribution is 0.457. The van der Waals surface area contributed by atoms with Crippen molar-refractivity contribution >= 4 is 21.7 Å². The molecule has 0 saturated heterocycles. The van der Waals surface area contributed by atoms with E-state index in [1.54, 1.807) is 0 Å². The molecule has 0 radical (unpaired) electrons. The molecule has 0 aliphatic rings. The zero-order valence-electron chi connectivity index (χ0n) is 11.2. The Morgan fingerprint density at radius 3 is 2.74 bits per heavy atom. The van der Waals surface area contributed by atoms with E-state index in [1.165, 1.54) is 6.33 Å². The second-order valence-electron chi connectivity index (χ2n) is 4.20. The van der Waals surface area contributed by atoms with Gasteiger partial charge in [0.15, 0.2) is 0 Å². The monoisotopic (exact) mass is 321 g/mol. The minimum Gasteiger partial charge on any atom is -0.439 e. The number of rotatable bonds is 4. The number of benzene rings is 1. The molecule has 0 fully saturated rings. The Morgan fingerprint density at radius 1 is 1.26 bits per heavy atom. The maximum atomic E-state index is 5.82. The van der Waals surface area contributed by atoms with Gasteiger partial charge in [0.2, 0.25) is 5.88 Å². The van der Waals surface area contributed by atoms with Crippen LogP contribution in [0.2, 0.25) is 0 Å². The number of aryl methyl sites for hydroxylation is 1. The van der Waals surface area contributed by atoms with E-state index in [9.17, 15) is 0 Å². The van der Waals surface area contributed by atoms with E-state index in [0.717, 1.165) is 33.7 Å². The van der Waals surface area contributed by atoms with Gasteiger partial charge >= 0.3 is 0 Å². The highest BCUT2D eigenvalue weighted by Gasteiger charge is 2.09. The Hall–Kier alpha value is -1.62. The molecule has 2 aromatic rings. The SMILES string of the molecule is CCNc1ncnc(Oc2ccc(Br)c(C)c2)c1C. The fraction of sp³-hybridized carbons (Fsp3) is 0.286. The first-order valence-corrected chi connectivity index (χ1v) is 6.90. The molecule has 19 heavy (non-hydrogen) atoms. The number of nitrogens with zero attached hydrogens (tertiary/aromatic N) is 2. The number of hydrogen-bond acceptors (Lipinski definition) is 4. The van der Waals surface area contributed by atoms with Gasteiger partial charge in [-0.15, -0.1) is 0 Å². The van der Waals surface area contributed by atoms with Crippen LogP contribution in [0.3, 0.4) is 0 Å². The van der Waals surface area contributed by atoms with Gasteiger partial charge in [0.05, 0.1) is 5.56 Å². The average Bonchev–Trinajstić information content (AvgIpc) is 2.39. The van der Waals surface area contributed by atoms with Gasteiger partial charge in [0, 0.05) is 11.0 Å². The second kappa shape index (κ2) is 6.02. The molecule has 5 heteroatoms. The van der Waals surface area contributed by atoms with Crippen molar-refractivity contribution in [3.63, 3.8) is 0 Å². The lowest BCUT2D eigenvalue weighted by atomic mass is 10.2. The van der Waals surface area contributed by atoms with E-state index in [-0.39, 0.29) is 0 Å². The number of anilines is 1. The van der Waals surface area contributed by atoms with Crippen molar-refractivity contribution in [3.8, 4) is 11.6 Å². The molecule has 1 heterocycles. The van der Waals surface area contributed by atoms with Crippen LogP contribution in [0, 0.1) is 13.8 Å². The van der Waals surface area contributed by atoms with Crippen LogP contribution in [0.5, 0.6) is 11.6 Å². The molecule has 0 atom stereocenters. The zero-order valence-corrected chi connectivity index (χ0v) is 12.8. The molecular formula is C14H16BrN3O. The van der Waals surface area contributed by atoms with E-state index < -0.39 is 0 Å². The van der Waals surface area contributed by atoms with Crippen LogP contribution < -0.4 is 10.1 Å². The minimum atomic E-state index is 0.577. The van der Waals surface area contributed by atoms with E-state index in [2.05, 4.69) is 31.2 Å². The molecule has 0 aliphatic carbocycles. The van der Waals surface area contributed by atoms with Crippen molar-refractivity contribution in [2.75, 3.05) is 11.9 Å². The Balaban J connectivity index is 2.27. The second-order valence-corrected chi connectivity index (χ2v) is 5.05. The number of ether oxygens (including phenoxy) is 1. The third kappa shape index (κ3) is 3.23. The van der Waals surface area contributed by atoms with Gasteiger partial charge in [0.25, 0.3) is 0 Å². The number of halogens is 1. The van der Waals surface area contributed by atoms with Crippen molar-refractivity contribution < 1.29 is 4.74 Å². The highest BCUT2D eigenvalue weighted by atomic mass is 79.9. The molecule has 0 amide bonds. The highest BCUT2D eigenvalue weighted by Crippen LogP contribution is 2.28. The van der Waals surface area contributed by atoms with Crippen LogP contribution in [-0.2, 0) is 0 Å². The van der Waals surface area contributed by atoms with Crippen LogP contribution in [-0.4, -0.2) is 16.5 Å². The number of nitrogens with one attached hydrogen (secondary N) is 1. The molecule has 4 nitrogen and oxygen atoms in total. The Bertz CT molecular complexity index is 587. The van der Waals surface area contributed by atoms with Crippen molar-refractivity contribution in [2.24, 2.45) is 0 Å². The van der Waals surface area contributed by atoms with Crippen LogP contribution in [0.4, 0.5) is 5.82 Å². The Morgan fingerprint density at radius 2 is 2.05 bits per heavy atom. The molecule has 0 spiro atoms. The molecule has 1 aromatic heterocycles. The average molecular weight is 322 g/mol. The fourth-order valence-electron chi connectivity index (χ4n) is 1.67. The van der Waals surface area contributed by atoms with E-state index in [0.29, 0.717) is 5.88 Å². The summed E-state index contributed by atoms with van der Waals surface area (Å²) in [7, 11) is 0. The summed E-state index contributed by atoms with van der Waals surface area (Å²) in [6.07, 6.45) is 1.51. The molecule has 0 aliphatic heterocycles.